The lowest BCUT2D eigenvalue weighted by molar-refractivity contribution is -0.144. The molecule has 9 heteroatoms. The summed E-state index contributed by atoms with van der Waals surface area (Å²) in [4.78, 5) is 20.5. The fourth-order valence-corrected chi connectivity index (χ4v) is 3.66. The molecule has 3 atom stereocenters. The Morgan fingerprint density at radius 2 is 2.10 bits per heavy atom. The van der Waals surface area contributed by atoms with E-state index in [1.165, 1.54) is 14.2 Å². The molecule has 1 aliphatic heterocycles. The third kappa shape index (κ3) is 4.21. The molecular weight excluding hydrogens is 396 g/mol. The van der Waals surface area contributed by atoms with E-state index >= 15 is 0 Å². The highest BCUT2D eigenvalue weighted by atomic mass is 19.3. The summed E-state index contributed by atoms with van der Waals surface area (Å²) < 4.78 is 45.6. The van der Waals surface area contributed by atoms with Crippen LogP contribution in [0.3, 0.4) is 0 Å². The molecule has 3 rings (SSSR count). The zero-order valence-corrected chi connectivity index (χ0v) is 17.2. The maximum absolute atomic E-state index is 14.8. The fourth-order valence-electron chi connectivity index (χ4n) is 3.66. The lowest BCUT2D eigenvalue weighted by atomic mass is 9.95. The maximum Gasteiger partial charge on any atom is 0.323 e. The van der Waals surface area contributed by atoms with Crippen molar-refractivity contribution in [2.75, 3.05) is 20.8 Å². The Bertz CT molecular complexity index is 938. The van der Waals surface area contributed by atoms with Crippen LogP contribution in [0, 0.1) is 5.92 Å². The van der Waals surface area contributed by atoms with Gasteiger partial charge in [-0.15, -0.1) is 6.58 Å². The Kier molecular flexibility index (Phi) is 6.50. The number of rotatable bonds is 8. The molecule has 1 fully saturated rings. The van der Waals surface area contributed by atoms with Crippen molar-refractivity contribution in [2.45, 2.75) is 37.8 Å². The highest BCUT2D eigenvalue weighted by Gasteiger charge is 2.43. The van der Waals surface area contributed by atoms with Crippen molar-refractivity contribution in [3.05, 3.63) is 36.5 Å². The van der Waals surface area contributed by atoms with Crippen LogP contribution in [-0.4, -0.2) is 48.8 Å². The van der Waals surface area contributed by atoms with E-state index < -0.39 is 36.2 Å². The Balaban J connectivity index is 2.03. The van der Waals surface area contributed by atoms with Crippen molar-refractivity contribution in [3.8, 4) is 11.6 Å². The van der Waals surface area contributed by atoms with Crippen molar-refractivity contribution in [1.82, 2.24) is 15.3 Å². The molecule has 1 saturated heterocycles. The predicted octanol–water partition coefficient (Wildman–Crippen LogP) is 3.22. The Morgan fingerprint density at radius 1 is 1.33 bits per heavy atom. The summed E-state index contributed by atoms with van der Waals surface area (Å²) in [6, 6.07) is 4.22. The summed E-state index contributed by atoms with van der Waals surface area (Å²) in [6.07, 6.45) is 0.563. The van der Waals surface area contributed by atoms with Gasteiger partial charge in [0.1, 0.15) is 17.9 Å². The summed E-state index contributed by atoms with van der Waals surface area (Å²) in [5, 5.41) is 3.05. The number of carbonyl (C=O) groups excluding carboxylic acids is 1. The van der Waals surface area contributed by atoms with Gasteiger partial charge >= 0.3 is 5.97 Å². The summed E-state index contributed by atoms with van der Waals surface area (Å²) >= 11 is 0. The van der Waals surface area contributed by atoms with Crippen LogP contribution in [0.25, 0.3) is 11.0 Å². The minimum absolute atomic E-state index is 0.263. The summed E-state index contributed by atoms with van der Waals surface area (Å²) in [6.45, 7) is 5.60. The van der Waals surface area contributed by atoms with Crippen LogP contribution in [-0.2, 0) is 15.5 Å². The van der Waals surface area contributed by atoms with E-state index in [4.69, 9.17) is 14.2 Å². The number of hydrogen-bond acceptors (Lipinski definition) is 7. The molecule has 0 saturated carbocycles. The monoisotopic (exact) mass is 421 g/mol. The third-order valence-electron chi connectivity index (χ3n) is 5.22. The van der Waals surface area contributed by atoms with E-state index in [2.05, 4.69) is 21.9 Å². The first kappa shape index (κ1) is 21.9. The van der Waals surface area contributed by atoms with Crippen LogP contribution in [0.5, 0.6) is 11.6 Å². The molecular formula is C21H25F2N3O4. The lowest BCUT2D eigenvalue weighted by Crippen LogP contribution is -2.37. The quantitative estimate of drug-likeness (QED) is 0.518. The first-order valence-electron chi connectivity index (χ1n) is 9.67. The van der Waals surface area contributed by atoms with Crippen LogP contribution in [0.2, 0.25) is 0 Å². The van der Waals surface area contributed by atoms with Gasteiger partial charge in [0.05, 0.1) is 25.3 Å². The molecule has 1 N–H and O–H groups in total. The molecule has 0 aliphatic carbocycles. The average molecular weight is 421 g/mol. The molecule has 0 unspecified atom stereocenters. The van der Waals surface area contributed by atoms with E-state index in [9.17, 15) is 13.6 Å². The molecule has 1 aliphatic rings. The first-order valence-corrected chi connectivity index (χ1v) is 9.67. The van der Waals surface area contributed by atoms with E-state index in [1.807, 2.05) is 6.92 Å². The minimum atomic E-state index is -3.31. The molecule has 0 spiro atoms. The molecule has 30 heavy (non-hydrogen) atoms. The van der Waals surface area contributed by atoms with Gasteiger partial charge in [-0.3, -0.25) is 4.79 Å². The number of benzene rings is 1. The number of ether oxygens (including phenoxy) is 3. The van der Waals surface area contributed by atoms with Gasteiger partial charge in [0.15, 0.2) is 5.69 Å². The molecule has 0 radical (unpaired) electrons. The Labute approximate surface area is 173 Å². The molecule has 0 amide bonds. The van der Waals surface area contributed by atoms with Crippen LogP contribution in [0.15, 0.2) is 30.9 Å². The van der Waals surface area contributed by atoms with Gasteiger partial charge in [-0.1, -0.05) is 13.0 Å². The maximum atomic E-state index is 14.8. The van der Waals surface area contributed by atoms with Crippen molar-refractivity contribution >= 4 is 17.0 Å². The number of hydrogen-bond donors (Lipinski definition) is 1. The molecule has 2 heterocycles. The fraction of sp³-hybridized carbons (Fsp3) is 0.476. The lowest BCUT2D eigenvalue weighted by Gasteiger charge is -2.24. The van der Waals surface area contributed by atoms with Crippen molar-refractivity contribution in [3.63, 3.8) is 0 Å². The summed E-state index contributed by atoms with van der Waals surface area (Å²) in [5.41, 5.74) is 0.105. The number of alkyl halides is 2. The van der Waals surface area contributed by atoms with Gasteiger partial charge in [0.2, 0.25) is 5.88 Å². The van der Waals surface area contributed by atoms with Crippen molar-refractivity contribution in [2.24, 2.45) is 5.92 Å². The van der Waals surface area contributed by atoms with Gasteiger partial charge in [-0.25, -0.2) is 9.97 Å². The van der Waals surface area contributed by atoms with Crippen molar-refractivity contribution in [1.29, 1.82) is 0 Å². The predicted molar refractivity (Wildman–Crippen MR) is 107 cm³/mol. The minimum Gasteiger partial charge on any atom is -0.497 e. The van der Waals surface area contributed by atoms with E-state index in [0.717, 1.165) is 6.08 Å². The molecule has 1 aromatic heterocycles. The number of allylic oxidation sites excluding steroid dienone is 1. The normalized spacial score (nSPS) is 21.4. The second-order valence-electron chi connectivity index (χ2n) is 7.07. The zero-order valence-electron chi connectivity index (χ0n) is 17.2. The van der Waals surface area contributed by atoms with Gasteiger partial charge in [-0.05, 0) is 18.6 Å². The molecule has 7 nitrogen and oxygen atoms in total. The Morgan fingerprint density at radius 3 is 2.73 bits per heavy atom. The van der Waals surface area contributed by atoms with Crippen molar-refractivity contribution < 1.29 is 27.8 Å². The number of fused-ring (bicyclic) bond motifs is 1. The molecule has 1 aromatic carbocycles. The van der Waals surface area contributed by atoms with Crippen LogP contribution in [0.4, 0.5) is 8.78 Å². The second-order valence-corrected chi connectivity index (χ2v) is 7.07. The zero-order chi connectivity index (χ0) is 21.9. The topological polar surface area (TPSA) is 82.6 Å². The average Bonchev–Trinajstić information content (AvgIpc) is 3.14. The van der Waals surface area contributed by atoms with Gasteiger partial charge in [0, 0.05) is 24.9 Å². The van der Waals surface area contributed by atoms with Gasteiger partial charge in [-0.2, -0.15) is 8.78 Å². The van der Waals surface area contributed by atoms with Gasteiger partial charge in [0.25, 0.3) is 5.92 Å². The smallest absolute Gasteiger partial charge is 0.323 e. The molecule has 162 valence electrons. The molecule has 2 aromatic rings. The second kappa shape index (κ2) is 8.91. The summed E-state index contributed by atoms with van der Waals surface area (Å²) in [5.74, 6) is -3.74. The SMILES string of the molecule is C=CCC(F)(F)c1nc2ccc(OC)cc2nc1O[C@H]1CN[C@H](C(=O)OC)[C@@H]1CC. The largest absolute Gasteiger partial charge is 0.497 e. The highest BCUT2D eigenvalue weighted by Crippen LogP contribution is 2.38. The number of carbonyl (C=O) groups is 1. The number of esters is 1. The Hall–Kier alpha value is -2.81. The van der Waals surface area contributed by atoms with Crippen LogP contribution in [0.1, 0.15) is 25.5 Å². The first-order chi connectivity index (χ1) is 14.3. The van der Waals surface area contributed by atoms with E-state index in [0.29, 0.717) is 29.7 Å². The number of nitrogens with one attached hydrogen (secondary N) is 1. The third-order valence-corrected chi connectivity index (χ3v) is 5.22. The highest BCUT2D eigenvalue weighted by molar-refractivity contribution is 5.77. The standard InChI is InChI=1S/C21H25F2N3O4/c1-5-9-21(22,23)18-19(26-15-10-12(28-3)7-8-14(15)25-18)30-16-11-24-17(13(16)6-2)20(27)29-4/h5,7-8,10,13,16-17,24H,1,6,9,11H2,2-4H3/t13-,16+,17+/m1/s1. The number of nitrogens with zero attached hydrogens (tertiary/aromatic N) is 2. The number of halogens is 2. The van der Waals surface area contributed by atoms with E-state index in [-0.39, 0.29) is 11.8 Å². The number of methoxy groups -OCH3 is 2. The van der Waals surface area contributed by atoms with Gasteiger partial charge < -0.3 is 19.5 Å². The van der Waals surface area contributed by atoms with Crippen LogP contribution >= 0.6 is 0 Å². The summed E-state index contributed by atoms with van der Waals surface area (Å²) in [7, 11) is 2.81. The molecule has 0 bridgehead atoms. The van der Waals surface area contributed by atoms with Crippen LogP contribution < -0.4 is 14.8 Å². The van der Waals surface area contributed by atoms with E-state index in [1.54, 1.807) is 18.2 Å². The number of aromatic nitrogens is 2.